The molecule has 2 fully saturated rings. The van der Waals surface area contributed by atoms with Crippen LogP contribution in [0.15, 0.2) is 0 Å². The van der Waals surface area contributed by atoms with Gasteiger partial charge in [0, 0.05) is 18.7 Å². The highest BCUT2D eigenvalue weighted by Gasteiger charge is 2.33. The molecule has 2 aliphatic rings. The smallest absolute Gasteiger partial charge is 0.0700 e. The van der Waals surface area contributed by atoms with Crippen LogP contribution in [0.1, 0.15) is 39.5 Å². The van der Waals surface area contributed by atoms with E-state index in [-0.39, 0.29) is 0 Å². The van der Waals surface area contributed by atoms with Crippen LogP contribution in [0.3, 0.4) is 0 Å². The summed E-state index contributed by atoms with van der Waals surface area (Å²) < 4.78 is 5.55. The van der Waals surface area contributed by atoms with Crippen molar-refractivity contribution >= 4 is 0 Å². The molecule has 1 heterocycles. The molecule has 0 aromatic heterocycles. The van der Waals surface area contributed by atoms with Gasteiger partial charge in [-0.1, -0.05) is 6.92 Å². The van der Waals surface area contributed by atoms with E-state index >= 15 is 0 Å². The molecule has 0 aromatic carbocycles. The lowest BCUT2D eigenvalue weighted by molar-refractivity contribution is 0.110. The Kier molecular flexibility index (Phi) is 2.89. The molecule has 76 valence electrons. The van der Waals surface area contributed by atoms with E-state index in [0.29, 0.717) is 12.1 Å². The van der Waals surface area contributed by atoms with E-state index in [9.17, 15) is 0 Å². The van der Waals surface area contributed by atoms with Gasteiger partial charge in [-0.3, -0.25) is 0 Å². The summed E-state index contributed by atoms with van der Waals surface area (Å²) in [5.74, 6) is 0.970. The SMILES string of the molecule is CCC(NC1CCOC1C)C1CC1. The summed E-state index contributed by atoms with van der Waals surface area (Å²) in [6, 6.07) is 1.37. The van der Waals surface area contributed by atoms with Gasteiger partial charge < -0.3 is 10.1 Å². The lowest BCUT2D eigenvalue weighted by Gasteiger charge is -2.23. The molecule has 2 heteroatoms. The Morgan fingerprint density at radius 3 is 2.62 bits per heavy atom. The van der Waals surface area contributed by atoms with Gasteiger partial charge in [0.15, 0.2) is 0 Å². The lowest BCUT2D eigenvalue weighted by Crippen LogP contribution is -2.42. The Morgan fingerprint density at radius 2 is 2.15 bits per heavy atom. The fourth-order valence-corrected chi connectivity index (χ4v) is 2.31. The molecule has 1 N–H and O–H groups in total. The second kappa shape index (κ2) is 3.97. The van der Waals surface area contributed by atoms with Gasteiger partial charge in [0.2, 0.25) is 0 Å². The minimum atomic E-state index is 0.424. The first-order valence-corrected chi connectivity index (χ1v) is 5.69. The van der Waals surface area contributed by atoms with Crippen LogP contribution in [0, 0.1) is 5.92 Å². The minimum absolute atomic E-state index is 0.424. The highest BCUT2D eigenvalue weighted by molar-refractivity contribution is 4.90. The van der Waals surface area contributed by atoms with Gasteiger partial charge in [-0.2, -0.15) is 0 Å². The highest BCUT2D eigenvalue weighted by atomic mass is 16.5. The van der Waals surface area contributed by atoms with Gasteiger partial charge in [-0.25, -0.2) is 0 Å². The van der Waals surface area contributed by atoms with Crippen LogP contribution in [-0.4, -0.2) is 24.8 Å². The van der Waals surface area contributed by atoms with Crippen LogP contribution in [0.5, 0.6) is 0 Å². The highest BCUT2D eigenvalue weighted by Crippen LogP contribution is 2.34. The fraction of sp³-hybridized carbons (Fsp3) is 1.00. The zero-order valence-electron chi connectivity index (χ0n) is 8.75. The molecule has 1 saturated heterocycles. The Hall–Kier alpha value is -0.0800. The minimum Gasteiger partial charge on any atom is -0.377 e. The predicted molar refractivity (Wildman–Crippen MR) is 53.8 cm³/mol. The van der Waals surface area contributed by atoms with Crippen LogP contribution in [0.25, 0.3) is 0 Å². The Balaban J connectivity index is 1.80. The fourth-order valence-electron chi connectivity index (χ4n) is 2.31. The zero-order chi connectivity index (χ0) is 9.26. The van der Waals surface area contributed by atoms with Crippen molar-refractivity contribution in [1.29, 1.82) is 0 Å². The third kappa shape index (κ3) is 2.23. The van der Waals surface area contributed by atoms with Gasteiger partial charge in [0.1, 0.15) is 0 Å². The van der Waals surface area contributed by atoms with Crippen molar-refractivity contribution in [3.8, 4) is 0 Å². The maximum absolute atomic E-state index is 5.55. The molecular weight excluding hydrogens is 162 g/mol. The topological polar surface area (TPSA) is 21.3 Å². The summed E-state index contributed by atoms with van der Waals surface area (Å²) in [5.41, 5.74) is 0. The average molecular weight is 183 g/mol. The summed E-state index contributed by atoms with van der Waals surface area (Å²) in [6.07, 6.45) is 5.77. The van der Waals surface area contributed by atoms with E-state index in [1.807, 2.05) is 0 Å². The summed E-state index contributed by atoms with van der Waals surface area (Å²) >= 11 is 0. The van der Waals surface area contributed by atoms with Crippen molar-refractivity contribution in [3.63, 3.8) is 0 Å². The molecule has 0 spiro atoms. The normalized spacial score (nSPS) is 36.5. The maximum Gasteiger partial charge on any atom is 0.0700 e. The van der Waals surface area contributed by atoms with Gasteiger partial charge in [-0.05, 0) is 38.5 Å². The molecule has 3 atom stereocenters. The summed E-state index contributed by atoms with van der Waals surface area (Å²) in [7, 11) is 0. The largest absolute Gasteiger partial charge is 0.377 e. The van der Waals surface area contributed by atoms with E-state index < -0.39 is 0 Å². The molecule has 0 radical (unpaired) electrons. The second-order valence-corrected chi connectivity index (χ2v) is 4.49. The number of hydrogen-bond acceptors (Lipinski definition) is 2. The molecule has 1 aliphatic carbocycles. The summed E-state index contributed by atoms with van der Waals surface area (Å²) in [4.78, 5) is 0. The summed E-state index contributed by atoms with van der Waals surface area (Å²) in [6.45, 7) is 5.42. The molecule has 1 saturated carbocycles. The first-order chi connectivity index (χ1) is 6.31. The molecule has 1 aliphatic heterocycles. The molecule has 2 rings (SSSR count). The molecule has 0 amide bonds. The van der Waals surface area contributed by atoms with E-state index in [1.54, 1.807) is 0 Å². The van der Waals surface area contributed by atoms with Gasteiger partial charge in [0.05, 0.1) is 6.10 Å². The van der Waals surface area contributed by atoms with Crippen molar-refractivity contribution in [1.82, 2.24) is 5.32 Å². The van der Waals surface area contributed by atoms with Crippen molar-refractivity contribution < 1.29 is 4.74 Å². The van der Waals surface area contributed by atoms with E-state index in [2.05, 4.69) is 19.2 Å². The molecule has 0 bridgehead atoms. The third-order valence-electron chi connectivity index (χ3n) is 3.44. The van der Waals surface area contributed by atoms with Gasteiger partial charge in [-0.15, -0.1) is 0 Å². The predicted octanol–water partition coefficient (Wildman–Crippen LogP) is 1.94. The van der Waals surface area contributed by atoms with Crippen molar-refractivity contribution in [2.45, 2.75) is 57.7 Å². The van der Waals surface area contributed by atoms with Crippen LogP contribution in [0.4, 0.5) is 0 Å². The molecular formula is C11H21NO. The van der Waals surface area contributed by atoms with Gasteiger partial charge >= 0.3 is 0 Å². The Bertz CT molecular complexity index is 167. The van der Waals surface area contributed by atoms with Crippen molar-refractivity contribution in [3.05, 3.63) is 0 Å². The standard InChI is InChI=1S/C11H21NO/c1-3-10(9-4-5-9)12-11-6-7-13-8(11)2/h8-12H,3-7H2,1-2H3. The van der Waals surface area contributed by atoms with Crippen molar-refractivity contribution in [2.75, 3.05) is 6.61 Å². The number of nitrogens with one attached hydrogen (secondary N) is 1. The monoisotopic (exact) mass is 183 g/mol. The Labute approximate surface area is 81.0 Å². The van der Waals surface area contributed by atoms with E-state index in [1.165, 1.54) is 25.7 Å². The zero-order valence-corrected chi connectivity index (χ0v) is 8.75. The van der Waals surface area contributed by atoms with Crippen LogP contribution in [-0.2, 0) is 4.74 Å². The lowest BCUT2D eigenvalue weighted by atomic mass is 10.1. The van der Waals surface area contributed by atoms with Gasteiger partial charge in [0.25, 0.3) is 0 Å². The third-order valence-corrected chi connectivity index (χ3v) is 3.44. The first-order valence-electron chi connectivity index (χ1n) is 5.69. The molecule has 2 nitrogen and oxygen atoms in total. The quantitative estimate of drug-likeness (QED) is 0.719. The number of ether oxygens (including phenoxy) is 1. The number of rotatable bonds is 4. The molecule has 0 aromatic rings. The summed E-state index contributed by atoms with van der Waals surface area (Å²) in [5, 5.41) is 3.75. The average Bonchev–Trinajstić information content (AvgIpc) is 2.88. The Morgan fingerprint density at radius 1 is 1.38 bits per heavy atom. The van der Waals surface area contributed by atoms with Crippen molar-refractivity contribution in [2.24, 2.45) is 5.92 Å². The van der Waals surface area contributed by atoms with Crippen LogP contribution >= 0.6 is 0 Å². The van der Waals surface area contributed by atoms with Crippen LogP contribution < -0.4 is 5.32 Å². The number of hydrogen-bond donors (Lipinski definition) is 1. The second-order valence-electron chi connectivity index (χ2n) is 4.49. The van der Waals surface area contributed by atoms with E-state index in [4.69, 9.17) is 4.74 Å². The maximum atomic E-state index is 5.55. The first kappa shape index (κ1) is 9.47. The van der Waals surface area contributed by atoms with Crippen LogP contribution in [0.2, 0.25) is 0 Å². The molecule has 13 heavy (non-hydrogen) atoms. The molecule has 3 unspecified atom stereocenters. The van der Waals surface area contributed by atoms with E-state index in [0.717, 1.165) is 18.6 Å².